The Morgan fingerprint density at radius 2 is 1.85 bits per heavy atom. The number of hydrogen-bond acceptors (Lipinski definition) is 5. The molecule has 2 aliphatic rings. The zero-order valence-corrected chi connectivity index (χ0v) is 17.2. The highest BCUT2D eigenvalue weighted by molar-refractivity contribution is 8.00. The molecule has 0 aromatic heterocycles. The van der Waals surface area contributed by atoms with Gasteiger partial charge in [0, 0.05) is 15.8 Å². The second-order valence-corrected chi connectivity index (χ2v) is 9.58. The molecule has 0 radical (unpaired) electrons. The molecule has 7 heteroatoms. The molecule has 1 aliphatic heterocycles. The molecule has 1 heterocycles. The maximum absolute atomic E-state index is 11.9. The second-order valence-electron chi connectivity index (χ2n) is 8.24. The van der Waals surface area contributed by atoms with Gasteiger partial charge in [0.2, 0.25) is 0 Å². The number of carbonyl (C=O) groups is 1. The molecule has 1 aromatic carbocycles. The third-order valence-electron chi connectivity index (χ3n) is 4.93. The quantitative estimate of drug-likeness (QED) is 0.780. The van der Waals surface area contributed by atoms with Crippen molar-refractivity contribution < 1.29 is 18.8 Å². The van der Waals surface area contributed by atoms with E-state index in [2.05, 4.69) is 33.0 Å². The van der Waals surface area contributed by atoms with Crippen LogP contribution in [0.4, 0.5) is 10.5 Å². The van der Waals surface area contributed by atoms with E-state index in [0.29, 0.717) is 5.25 Å². The van der Waals surface area contributed by atoms with Gasteiger partial charge in [-0.25, -0.2) is 4.79 Å². The summed E-state index contributed by atoms with van der Waals surface area (Å²) >= 11 is 1.83. The summed E-state index contributed by atoms with van der Waals surface area (Å²) in [5, 5.41) is 3.43. The highest BCUT2D eigenvalue weighted by Crippen LogP contribution is 2.41. The Labute approximate surface area is 160 Å². The van der Waals surface area contributed by atoms with E-state index in [0.717, 1.165) is 16.0 Å². The fourth-order valence-corrected chi connectivity index (χ4v) is 3.83. The fraction of sp³-hybridized carbons (Fsp3) is 0.632. The first-order valence-electron chi connectivity index (χ1n) is 9.21. The van der Waals surface area contributed by atoms with E-state index in [1.165, 1.54) is 12.8 Å². The Bertz CT molecular complexity index is 672. The van der Waals surface area contributed by atoms with Crippen LogP contribution in [0.25, 0.3) is 0 Å². The minimum atomic E-state index is -0.439. The van der Waals surface area contributed by atoms with Gasteiger partial charge in [-0.15, -0.1) is 11.8 Å². The van der Waals surface area contributed by atoms with Crippen LogP contribution in [0.5, 0.6) is 0 Å². The number of benzene rings is 1. The number of ether oxygens (including phenoxy) is 1. The molecule has 1 saturated heterocycles. The monoisotopic (exact) mass is 377 g/mol. The lowest BCUT2D eigenvalue weighted by molar-refractivity contribution is 0.00578. The van der Waals surface area contributed by atoms with Crippen molar-refractivity contribution in [2.75, 3.05) is 5.32 Å². The molecule has 1 aromatic rings. The molecule has 1 aliphatic carbocycles. The van der Waals surface area contributed by atoms with Gasteiger partial charge in [-0.3, -0.25) is 5.32 Å². The number of carbonyl (C=O) groups excluding carboxylic acids is 1. The van der Waals surface area contributed by atoms with Gasteiger partial charge < -0.3 is 14.0 Å². The molecular weight excluding hydrogens is 349 g/mol. The van der Waals surface area contributed by atoms with Crippen molar-refractivity contribution in [1.29, 1.82) is 0 Å². The average molecular weight is 377 g/mol. The summed E-state index contributed by atoms with van der Waals surface area (Å²) < 4.78 is 17.6. The number of hydrogen-bond donors (Lipinski definition) is 1. The van der Waals surface area contributed by atoms with Crippen molar-refractivity contribution in [2.24, 2.45) is 0 Å². The maximum atomic E-state index is 11.9. The largest absolute Gasteiger partial charge is 0.495 e. The Hall–Kier alpha value is -1.18. The highest BCUT2D eigenvalue weighted by atomic mass is 32.2. The van der Waals surface area contributed by atoms with Gasteiger partial charge in [-0.1, -0.05) is 6.07 Å². The molecule has 142 valence electrons. The molecule has 26 heavy (non-hydrogen) atoms. The van der Waals surface area contributed by atoms with Crippen LogP contribution in [-0.4, -0.2) is 35.8 Å². The van der Waals surface area contributed by atoms with E-state index in [1.807, 2.05) is 43.8 Å². The van der Waals surface area contributed by atoms with Crippen molar-refractivity contribution in [3.8, 4) is 0 Å². The predicted octanol–water partition coefficient (Wildman–Crippen LogP) is 4.20. The van der Waals surface area contributed by atoms with Gasteiger partial charge in [0.15, 0.2) is 0 Å². The fourth-order valence-electron chi connectivity index (χ4n) is 2.61. The second kappa shape index (κ2) is 7.10. The van der Waals surface area contributed by atoms with Gasteiger partial charge >= 0.3 is 13.2 Å². The SMILES string of the molecule is CC(C)OC(=O)Nc1ccc(B2OC(C)(C)C(C)(C)O2)c(SC2CC2)c1. The van der Waals surface area contributed by atoms with Crippen molar-refractivity contribution in [1.82, 2.24) is 0 Å². The molecule has 0 unspecified atom stereocenters. The predicted molar refractivity (Wildman–Crippen MR) is 106 cm³/mol. The van der Waals surface area contributed by atoms with Gasteiger partial charge in [-0.05, 0) is 72.0 Å². The molecule has 5 nitrogen and oxygen atoms in total. The molecular formula is C19H28BNO4S. The van der Waals surface area contributed by atoms with Gasteiger partial charge in [0.25, 0.3) is 0 Å². The normalized spacial score (nSPS) is 21.1. The molecule has 0 spiro atoms. The molecule has 1 N–H and O–H groups in total. The van der Waals surface area contributed by atoms with Crippen molar-refractivity contribution in [2.45, 2.75) is 81.8 Å². The van der Waals surface area contributed by atoms with Crippen LogP contribution in [-0.2, 0) is 14.0 Å². The Balaban J connectivity index is 1.82. The van der Waals surface area contributed by atoms with Crippen LogP contribution in [0.1, 0.15) is 54.4 Å². The first kappa shape index (κ1) is 19.6. The van der Waals surface area contributed by atoms with Gasteiger partial charge in [0.05, 0.1) is 17.3 Å². The molecule has 0 bridgehead atoms. The number of nitrogens with one attached hydrogen (secondary N) is 1. The third-order valence-corrected chi connectivity index (χ3v) is 6.34. The standard InChI is InChI=1S/C19H28BNO4S/c1-12(2)23-17(22)21-13-7-10-15(16(11-13)26-14-8-9-14)20-24-18(3,4)19(5,6)25-20/h7,10-12,14H,8-9H2,1-6H3,(H,21,22). The summed E-state index contributed by atoms with van der Waals surface area (Å²) in [6.07, 6.45) is 1.85. The first-order valence-corrected chi connectivity index (χ1v) is 10.1. The molecule has 1 saturated carbocycles. The molecule has 1 amide bonds. The Morgan fingerprint density at radius 1 is 1.23 bits per heavy atom. The van der Waals surface area contributed by atoms with E-state index in [1.54, 1.807) is 0 Å². The van der Waals surface area contributed by atoms with Crippen LogP contribution in [0, 0.1) is 0 Å². The topological polar surface area (TPSA) is 56.8 Å². The van der Waals surface area contributed by atoms with Crippen molar-refractivity contribution >= 4 is 36.1 Å². The van der Waals surface area contributed by atoms with Crippen LogP contribution in [0.2, 0.25) is 0 Å². The summed E-state index contributed by atoms with van der Waals surface area (Å²) in [5.41, 5.74) is 0.983. The Kier molecular flexibility index (Phi) is 5.34. The number of thioether (sulfide) groups is 1. The molecule has 2 fully saturated rings. The van der Waals surface area contributed by atoms with E-state index in [9.17, 15) is 4.79 Å². The molecule has 3 rings (SSSR count). The minimum Gasteiger partial charge on any atom is -0.447 e. The molecule has 0 atom stereocenters. The van der Waals surface area contributed by atoms with Crippen molar-refractivity contribution in [3.05, 3.63) is 18.2 Å². The summed E-state index contributed by atoms with van der Waals surface area (Å²) in [4.78, 5) is 13.0. The van der Waals surface area contributed by atoms with Crippen LogP contribution >= 0.6 is 11.8 Å². The lowest BCUT2D eigenvalue weighted by Crippen LogP contribution is -2.41. The Morgan fingerprint density at radius 3 is 2.38 bits per heavy atom. The summed E-state index contributed by atoms with van der Waals surface area (Å²) in [7, 11) is -0.405. The lowest BCUT2D eigenvalue weighted by Gasteiger charge is -2.32. The number of rotatable bonds is 5. The van der Waals surface area contributed by atoms with E-state index >= 15 is 0 Å². The zero-order chi connectivity index (χ0) is 19.1. The van der Waals surface area contributed by atoms with Crippen LogP contribution < -0.4 is 10.8 Å². The summed E-state index contributed by atoms with van der Waals surface area (Å²) in [6, 6.07) is 5.85. The van der Waals surface area contributed by atoms with E-state index in [-0.39, 0.29) is 17.3 Å². The maximum Gasteiger partial charge on any atom is 0.495 e. The number of amides is 1. The van der Waals surface area contributed by atoms with Gasteiger partial charge in [-0.2, -0.15) is 0 Å². The summed E-state index contributed by atoms with van der Waals surface area (Å²) in [5.74, 6) is 0. The highest BCUT2D eigenvalue weighted by Gasteiger charge is 2.52. The summed E-state index contributed by atoms with van der Waals surface area (Å²) in [6.45, 7) is 11.9. The first-order chi connectivity index (χ1) is 12.1. The zero-order valence-electron chi connectivity index (χ0n) is 16.4. The third kappa shape index (κ3) is 4.38. The van der Waals surface area contributed by atoms with Crippen molar-refractivity contribution in [3.63, 3.8) is 0 Å². The van der Waals surface area contributed by atoms with E-state index in [4.69, 9.17) is 14.0 Å². The van der Waals surface area contributed by atoms with E-state index < -0.39 is 13.2 Å². The smallest absolute Gasteiger partial charge is 0.447 e. The number of anilines is 1. The average Bonchev–Trinajstić information content (AvgIpc) is 3.25. The van der Waals surface area contributed by atoms with Crippen LogP contribution in [0.3, 0.4) is 0 Å². The lowest BCUT2D eigenvalue weighted by atomic mass is 9.79. The minimum absolute atomic E-state index is 0.153. The van der Waals surface area contributed by atoms with Gasteiger partial charge in [0.1, 0.15) is 0 Å². The van der Waals surface area contributed by atoms with Crippen LogP contribution in [0.15, 0.2) is 23.1 Å².